The van der Waals surface area contributed by atoms with Gasteiger partial charge in [-0.2, -0.15) is 4.68 Å². The largest absolute Gasteiger partial charge is 0.493 e. The molecule has 2 aromatic heterocycles. The molecule has 2 heterocycles. The van der Waals surface area contributed by atoms with E-state index >= 15 is 0 Å². The van der Waals surface area contributed by atoms with Crippen LogP contribution in [0.4, 0.5) is 4.39 Å². The van der Waals surface area contributed by atoms with Crippen molar-refractivity contribution in [2.24, 2.45) is 0 Å². The number of halogens is 1. The molecule has 0 saturated carbocycles. The predicted molar refractivity (Wildman–Crippen MR) is 115 cm³/mol. The van der Waals surface area contributed by atoms with Crippen molar-refractivity contribution in [1.82, 2.24) is 14.8 Å². The maximum atomic E-state index is 13.1. The van der Waals surface area contributed by atoms with Crippen molar-refractivity contribution in [2.75, 3.05) is 14.2 Å². The number of nitrogens with one attached hydrogen (secondary N) is 1. The molecular formula is C22H18FN3O3S. The number of nitrogens with zero attached hydrogens (tertiary/aromatic N) is 2. The van der Waals surface area contributed by atoms with E-state index in [-0.39, 0.29) is 11.4 Å². The first-order chi connectivity index (χ1) is 14.5. The summed E-state index contributed by atoms with van der Waals surface area (Å²) in [7, 11) is 3.12. The van der Waals surface area contributed by atoms with Crippen molar-refractivity contribution in [1.29, 1.82) is 0 Å². The highest BCUT2D eigenvalue weighted by atomic mass is 32.1. The molecule has 0 radical (unpaired) electrons. The Kier molecular flexibility index (Phi) is 5.24. The molecule has 0 amide bonds. The molecule has 0 atom stereocenters. The van der Waals surface area contributed by atoms with E-state index in [0.29, 0.717) is 32.9 Å². The molecule has 0 aliphatic heterocycles. The molecule has 4 rings (SSSR count). The molecule has 8 heteroatoms. The highest BCUT2D eigenvalue weighted by Crippen LogP contribution is 2.27. The van der Waals surface area contributed by atoms with Crippen molar-refractivity contribution in [3.63, 3.8) is 0 Å². The Balaban J connectivity index is 1.75. The Hall–Kier alpha value is -3.65. The summed E-state index contributed by atoms with van der Waals surface area (Å²) >= 11 is 1.30. The van der Waals surface area contributed by atoms with Crippen LogP contribution in [0.2, 0.25) is 0 Å². The molecule has 0 spiro atoms. The maximum Gasteiger partial charge on any atom is 0.281 e. The molecule has 0 aliphatic rings. The molecule has 0 fully saturated rings. The van der Waals surface area contributed by atoms with Crippen LogP contribution in [0.25, 0.3) is 29.0 Å². The van der Waals surface area contributed by atoms with E-state index in [4.69, 9.17) is 9.47 Å². The molecule has 1 N–H and O–H groups in total. The summed E-state index contributed by atoms with van der Waals surface area (Å²) < 4.78 is 25.1. The lowest BCUT2D eigenvalue weighted by Gasteiger charge is -2.07. The van der Waals surface area contributed by atoms with Crippen LogP contribution in [0.15, 0.2) is 52.6 Å². The van der Waals surface area contributed by atoms with Crippen LogP contribution in [0, 0.1) is 5.82 Å². The minimum Gasteiger partial charge on any atom is -0.493 e. The minimum absolute atomic E-state index is 0.269. The lowest BCUT2D eigenvalue weighted by Crippen LogP contribution is -2.33. The van der Waals surface area contributed by atoms with E-state index in [1.807, 2.05) is 11.4 Å². The fourth-order valence-electron chi connectivity index (χ4n) is 3.01. The quantitative estimate of drug-likeness (QED) is 0.536. The van der Waals surface area contributed by atoms with Crippen molar-refractivity contribution < 1.29 is 13.9 Å². The first-order valence-electron chi connectivity index (χ1n) is 8.95. The molecular weight excluding hydrogens is 405 g/mol. The van der Waals surface area contributed by atoms with E-state index in [2.05, 4.69) is 16.7 Å². The molecule has 6 nitrogen and oxygen atoms in total. The third kappa shape index (κ3) is 3.65. The molecule has 0 bridgehead atoms. The number of benzene rings is 2. The Morgan fingerprint density at radius 3 is 2.57 bits per heavy atom. The van der Waals surface area contributed by atoms with E-state index in [9.17, 15) is 9.18 Å². The predicted octanol–water partition coefficient (Wildman–Crippen LogP) is 2.68. The first kappa shape index (κ1) is 19.7. The summed E-state index contributed by atoms with van der Waals surface area (Å²) in [5.74, 6) is 0.857. The van der Waals surface area contributed by atoms with Crippen LogP contribution in [0.3, 0.4) is 0 Å². The van der Waals surface area contributed by atoms with Gasteiger partial charge in [-0.3, -0.25) is 9.89 Å². The Morgan fingerprint density at radius 1 is 1.13 bits per heavy atom. The fourth-order valence-corrected chi connectivity index (χ4v) is 3.80. The van der Waals surface area contributed by atoms with Gasteiger partial charge in [0.25, 0.3) is 5.56 Å². The zero-order chi connectivity index (χ0) is 21.3. The second-order valence-corrected chi connectivity index (χ2v) is 7.26. The van der Waals surface area contributed by atoms with Gasteiger partial charge in [0.1, 0.15) is 5.82 Å². The molecule has 2 aromatic carbocycles. The maximum absolute atomic E-state index is 13.1. The number of hydrogen-bond acceptors (Lipinski definition) is 5. The molecule has 30 heavy (non-hydrogen) atoms. The SMILES string of the molecule is C=c1[nH]n(-c2nc(-c3ccc(F)cc3)cs2)c(=O)/c1=C/c1ccc(OC)c(OC)c1. The monoisotopic (exact) mass is 423 g/mol. The van der Waals surface area contributed by atoms with Crippen molar-refractivity contribution in [2.45, 2.75) is 0 Å². The van der Waals surface area contributed by atoms with Crippen molar-refractivity contribution in [3.8, 4) is 27.9 Å². The van der Waals surface area contributed by atoms with Gasteiger partial charge in [0, 0.05) is 10.9 Å². The summed E-state index contributed by atoms with van der Waals surface area (Å²) in [5, 5.41) is 6.14. The van der Waals surface area contributed by atoms with Crippen molar-refractivity contribution >= 4 is 24.0 Å². The smallest absolute Gasteiger partial charge is 0.281 e. The molecule has 0 aliphatic carbocycles. The van der Waals surface area contributed by atoms with Crippen LogP contribution >= 0.6 is 11.3 Å². The number of aromatic amines is 1. The van der Waals surface area contributed by atoms with Gasteiger partial charge in [-0.25, -0.2) is 9.37 Å². The van der Waals surface area contributed by atoms with Crippen LogP contribution in [0.1, 0.15) is 5.56 Å². The minimum atomic E-state index is -0.313. The lowest BCUT2D eigenvalue weighted by molar-refractivity contribution is 0.355. The first-order valence-corrected chi connectivity index (χ1v) is 9.83. The van der Waals surface area contributed by atoms with E-state index in [1.165, 1.54) is 28.2 Å². The summed E-state index contributed by atoms with van der Waals surface area (Å²) in [6, 6.07) is 11.4. The summed E-state index contributed by atoms with van der Waals surface area (Å²) in [6.07, 6.45) is 1.73. The third-order valence-corrected chi connectivity index (χ3v) is 5.37. The normalized spacial score (nSPS) is 11.6. The van der Waals surface area contributed by atoms with E-state index in [0.717, 1.165) is 11.1 Å². The van der Waals surface area contributed by atoms with Gasteiger partial charge in [-0.05, 0) is 48.0 Å². The third-order valence-electron chi connectivity index (χ3n) is 4.55. The number of hydrogen-bond donors (Lipinski definition) is 1. The molecule has 0 unspecified atom stereocenters. The number of ether oxygens (including phenoxy) is 2. The number of thiazole rings is 1. The fraction of sp³-hybridized carbons (Fsp3) is 0.0909. The van der Waals surface area contributed by atoms with E-state index < -0.39 is 0 Å². The van der Waals surface area contributed by atoms with Gasteiger partial charge in [0.05, 0.1) is 30.5 Å². The number of rotatable bonds is 5. The van der Waals surface area contributed by atoms with Gasteiger partial charge in [0.15, 0.2) is 11.5 Å². The summed E-state index contributed by atoms with van der Waals surface area (Å²) in [5.41, 5.74) is 1.93. The number of H-pyrrole nitrogens is 1. The van der Waals surface area contributed by atoms with Gasteiger partial charge >= 0.3 is 0 Å². The summed E-state index contributed by atoms with van der Waals surface area (Å²) in [4.78, 5) is 17.5. The topological polar surface area (TPSA) is 69.1 Å². The van der Waals surface area contributed by atoms with Gasteiger partial charge in [-0.15, -0.1) is 11.3 Å². The van der Waals surface area contributed by atoms with Crippen molar-refractivity contribution in [3.05, 3.63) is 80.1 Å². The highest BCUT2D eigenvalue weighted by Gasteiger charge is 2.11. The average molecular weight is 423 g/mol. The highest BCUT2D eigenvalue weighted by molar-refractivity contribution is 7.12. The second-order valence-electron chi connectivity index (χ2n) is 6.43. The molecule has 152 valence electrons. The standard InChI is InChI=1S/C22H18FN3O3S/c1-13-17(10-14-4-9-19(28-2)20(11-14)29-3)21(27)26(25-13)22-24-18(12-30-22)15-5-7-16(23)8-6-15/h4-12,25H,1H2,2-3H3/b17-10+. The van der Waals surface area contributed by atoms with Crippen LogP contribution in [-0.2, 0) is 0 Å². The molecule has 0 saturated heterocycles. The average Bonchev–Trinajstić information content (AvgIpc) is 3.34. The van der Waals surface area contributed by atoms with Gasteiger partial charge in [-0.1, -0.05) is 12.6 Å². The number of aromatic nitrogens is 3. The van der Waals surface area contributed by atoms with Crippen LogP contribution in [-0.4, -0.2) is 29.0 Å². The number of methoxy groups -OCH3 is 2. The zero-order valence-corrected chi connectivity index (χ0v) is 17.1. The van der Waals surface area contributed by atoms with E-state index in [1.54, 1.807) is 44.6 Å². The van der Waals surface area contributed by atoms with Crippen LogP contribution in [0.5, 0.6) is 11.5 Å². The molecule has 4 aromatic rings. The van der Waals surface area contributed by atoms with Gasteiger partial charge < -0.3 is 9.47 Å². The Labute approximate surface area is 175 Å². The lowest BCUT2D eigenvalue weighted by atomic mass is 10.1. The second kappa shape index (κ2) is 8.00. The van der Waals surface area contributed by atoms with Crippen LogP contribution < -0.4 is 25.6 Å². The Morgan fingerprint density at radius 2 is 1.87 bits per heavy atom. The summed E-state index contributed by atoms with van der Waals surface area (Å²) in [6.45, 7) is 3.95. The Bertz CT molecular complexity index is 1370. The zero-order valence-electron chi connectivity index (χ0n) is 16.3. The van der Waals surface area contributed by atoms with Gasteiger partial charge in [0.2, 0.25) is 5.13 Å².